The second kappa shape index (κ2) is 7.98. The number of rotatable bonds is 5. The summed E-state index contributed by atoms with van der Waals surface area (Å²) in [6.45, 7) is 0. The van der Waals surface area contributed by atoms with Crippen LogP contribution >= 0.6 is 27.5 Å². The lowest BCUT2D eigenvalue weighted by molar-refractivity contribution is 0.0977. The number of ketones is 1. The Morgan fingerprint density at radius 1 is 1.12 bits per heavy atom. The molecule has 1 N–H and O–H groups in total. The first-order valence-corrected chi connectivity index (χ1v) is 9.03. The molecule has 0 saturated carbocycles. The van der Waals surface area contributed by atoms with Gasteiger partial charge in [0.05, 0.1) is 0 Å². The van der Waals surface area contributed by atoms with E-state index < -0.39 is 11.7 Å². The molecule has 0 aliphatic carbocycles. The summed E-state index contributed by atoms with van der Waals surface area (Å²) in [5.74, 6) is -1.12. The number of hydrogen-bond donors (Lipinski definition) is 1. The molecule has 2 aromatic carbocycles. The van der Waals surface area contributed by atoms with Crippen LogP contribution in [0.15, 0.2) is 70.1 Å². The average molecular weight is 435 g/mol. The average Bonchev–Trinajstić information content (AvgIpc) is 2.61. The number of halogens is 3. The molecule has 3 rings (SSSR count). The highest BCUT2D eigenvalue weighted by atomic mass is 79.9. The molecule has 6 heteroatoms. The van der Waals surface area contributed by atoms with Crippen molar-refractivity contribution < 1.29 is 9.18 Å². The lowest BCUT2D eigenvalue weighted by Crippen LogP contribution is -2.12. The van der Waals surface area contributed by atoms with E-state index in [1.165, 1.54) is 24.4 Å². The summed E-state index contributed by atoms with van der Waals surface area (Å²) < 4.78 is 15.4. The zero-order valence-corrected chi connectivity index (χ0v) is 15.9. The maximum absolute atomic E-state index is 14.5. The van der Waals surface area contributed by atoms with Crippen LogP contribution in [0.5, 0.6) is 0 Å². The maximum Gasteiger partial charge on any atom is 0.247 e. The van der Waals surface area contributed by atoms with Crippen LogP contribution in [-0.2, 0) is 0 Å². The van der Waals surface area contributed by atoms with Crippen molar-refractivity contribution >= 4 is 33.3 Å². The molecule has 1 heterocycles. The number of pyridine rings is 1. The third kappa shape index (κ3) is 4.29. The molecule has 0 saturated heterocycles. The van der Waals surface area contributed by atoms with Crippen LogP contribution in [-0.4, -0.2) is 10.8 Å². The molecule has 0 bridgehead atoms. The minimum Gasteiger partial charge on any atom is -0.328 e. The lowest BCUT2D eigenvalue weighted by Gasteiger charge is -2.18. The first kappa shape index (κ1) is 18.5. The summed E-state index contributed by atoms with van der Waals surface area (Å²) in [6, 6.07) is 14.6. The number of benzene rings is 2. The Bertz CT molecular complexity index is 981. The first-order chi connectivity index (χ1) is 12.4. The van der Waals surface area contributed by atoms with E-state index in [9.17, 15) is 14.0 Å². The highest BCUT2D eigenvalue weighted by Gasteiger charge is 2.22. The molecule has 1 unspecified atom stereocenters. The Morgan fingerprint density at radius 2 is 1.85 bits per heavy atom. The summed E-state index contributed by atoms with van der Waals surface area (Å²) in [7, 11) is 0. The van der Waals surface area contributed by atoms with E-state index in [0.29, 0.717) is 16.1 Å². The third-order valence-corrected chi connectivity index (χ3v) is 4.87. The van der Waals surface area contributed by atoms with Crippen molar-refractivity contribution in [3.05, 3.63) is 103 Å². The molecule has 3 aromatic rings. The first-order valence-electron chi connectivity index (χ1n) is 7.86. The fraction of sp³-hybridized carbons (Fsp3) is 0.100. The van der Waals surface area contributed by atoms with Gasteiger partial charge in [-0.1, -0.05) is 45.7 Å². The smallest absolute Gasteiger partial charge is 0.247 e. The van der Waals surface area contributed by atoms with Crippen LogP contribution in [0.3, 0.4) is 0 Å². The standard InChI is InChI=1S/C20H14BrClFNO2/c21-14-4-1-12(2-5-14)17(16-7-6-15(22)9-18(16)23)10-19(25)13-3-8-20(26)24-11-13/h1-9,11,17H,10H2,(H,24,26). The zero-order chi connectivity index (χ0) is 18.7. The summed E-state index contributed by atoms with van der Waals surface area (Å²) >= 11 is 9.23. The quantitative estimate of drug-likeness (QED) is 0.551. The molecular formula is C20H14BrClFNO2. The van der Waals surface area contributed by atoms with Gasteiger partial charge in [-0.3, -0.25) is 9.59 Å². The number of hydrogen-bond acceptors (Lipinski definition) is 2. The van der Waals surface area contributed by atoms with E-state index >= 15 is 0 Å². The summed E-state index contributed by atoms with van der Waals surface area (Å²) in [6.07, 6.45) is 1.44. The molecule has 132 valence electrons. The topological polar surface area (TPSA) is 49.9 Å². The van der Waals surface area contributed by atoms with E-state index in [2.05, 4.69) is 20.9 Å². The molecular weight excluding hydrogens is 421 g/mol. The SMILES string of the molecule is O=C(CC(c1ccc(Br)cc1)c1ccc(Cl)cc1F)c1ccc(=O)[nH]c1. The van der Waals surface area contributed by atoms with Crippen molar-refractivity contribution in [2.24, 2.45) is 0 Å². The Morgan fingerprint density at radius 3 is 2.46 bits per heavy atom. The Kier molecular flexibility index (Phi) is 5.69. The molecule has 26 heavy (non-hydrogen) atoms. The number of H-pyrrole nitrogens is 1. The molecule has 0 amide bonds. The van der Waals surface area contributed by atoms with Gasteiger partial charge >= 0.3 is 0 Å². The van der Waals surface area contributed by atoms with Gasteiger partial charge in [-0.05, 0) is 41.5 Å². The number of aromatic nitrogens is 1. The third-order valence-electron chi connectivity index (χ3n) is 4.11. The summed E-state index contributed by atoms with van der Waals surface area (Å²) in [5, 5.41) is 0.299. The second-order valence-corrected chi connectivity index (χ2v) is 7.19. The monoisotopic (exact) mass is 433 g/mol. The second-order valence-electron chi connectivity index (χ2n) is 5.84. The lowest BCUT2D eigenvalue weighted by atomic mass is 9.85. The fourth-order valence-corrected chi connectivity index (χ4v) is 3.20. The van der Waals surface area contributed by atoms with E-state index in [-0.39, 0.29) is 17.8 Å². The van der Waals surface area contributed by atoms with Crippen molar-refractivity contribution in [3.63, 3.8) is 0 Å². The van der Waals surface area contributed by atoms with Gasteiger partial charge in [0.25, 0.3) is 0 Å². The number of carbonyl (C=O) groups is 1. The van der Waals surface area contributed by atoms with E-state index in [0.717, 1.165) is 10.0 Å². The predicted molar refractivity (Wildman–Crippen MR) is 103 cm³/mol. The van der Waals surface area contributed by atoms with Crippen molar-refractivity contribution in [1.29, 1.82) is 0 Å². The molecule has 0 spiro atoms. The van der Waals surface area contributed by atoms with Crippen molar-refractivity contribution in [3.8, 4) is 0 Å². The summed E-state index contributed by atoms with van der Waals surface area (Å²) in [5.41, 5.74) is 1.30. The molecule has 3 nitrogen and oxygen atoms in total. The number of aromatic amines is 1. The fourth-order valence-electron chi connectivity index (χ4n) is 2.77. The van der Waals surface area contributed by atoms with Crippen LogP contribution in [0.4, 0.5) is 4.39 Å². The van der Waals surface area contributed by atoms with Crippen LogP contribution in [0, 0.1) is 5.82 Å². The molecule has 0 aliphatic rings. The largest absolute Gasteiger partial charge is 0.328 e. The predicted octanol–water partition coefficient (Wildman–Crippen LogP) is 5.33. The van der Waals surface area contributed by atoms with Crippen molar-refractivity contribution in [1.82, 2.24) is 4.98 Å². The zero-order valence-electron chi connectivity index (χ0n) is 13.5. The van der Waals surface area contributed by atoms with Gasteiger partial charge < -0.3 is 4.98 Å². The number of Topliss-reactive ketones (excluding diaryl/α,β-unsaturated/α-hetero) is 1. The van der Waals surface area contributed by atoms with Gasteiger partial charge in [0, 0.05) is 39.7 Å². The normalized spacial score (nSPS) is 12.0. The van der Waals surface area contributed by atoms with Gasteiger partial charge in [-0.25, -0.2) is 4.39 Å². The maximum atomic E-state index is 14.5. The van der Waals surface area contributed by atoms with Crippen molar-refractivity contribution in [2.45, 2.75) is 12.3 Å². The molecule has 0 fully saturated rings. The van der Waals surface area contributed by atoms with E-state index in [1.807, 2.05) is 24.3 Å². The molecule has 1 aromatic heterocycles. The van der Waals surface area contributed by atoms with Gasteiger partial charge in [0.15, 0.2) is 5.78 Å². The number of nitrogens with one attached hydrogen (secondary N) is 1. The van der Waals surface area contributed by atoms with Gasteiger partial charge in [-0.15, -0.1) is 0 Å². The highest BCUT2D eigenvalue weighted by molar-refractivity contribution is 9.10. The van der Waals surface area contributed by atoms with Crippen LogP contribution in [0.25, 0.3) is 0 Å². The molecule has 0 aliphatic heterocycles. The van der Waals surface area contributed by atoms with Gasteiger partial charge in [0.1, 0.15) is 5.82 Å². The van der Waals surface area contributed by atoms with Crippen LogP contribution in [0.1, 0.15) is 33.8 Å². The Balaban J connectivity index is 1.99. The minimum absolute atomic E-state index is 0.0617. The molecule has 0 radical (unpaired) electrons. The van der Waals surface area contributed by atoms with E-state index in [4.69, 9.17) is 11.6 Å². The Labute approximate surface area is 163 Å². The van der Waals surface area contributed by atoms with Gasteiger partial charge in [0.2, 0.25) is 5.56 Å². The van der Waals surface area contributed by atoms with Crippen LogP contribution in [0.2, 0.25) is 5.02 Å². The minimum atomic E-state index is -0.472. The van der Waals surface area contributed by atoms with Crippen LogP contribution < -0.4 is 5.56 Å². The van der Waals surface area contributed by atoms with Crippen molar-refractivity contribution in [2.75, 3.05) is 0 Å². The number of carbonyl (C=O) groups excluding carboxylic acids is 1. The molecule has 1 atom stereocenters. The van der Waals surface area contributed by atoms with E-state index in [1.54, 1.807) is 12.1 Å². The summed E-state index contributed by atoms with van der Waals surface area (Å²) in [4.78, 5) is 26.3. The Hall–Kier alpha value is -2.24. The van der Waals surface area contributed by atoms with Gasteiger partial charge in [-0.2, -0.15) is 0 Å². The highest BCUT2D eigenvalue weighted by Crippen LogP contribution is 2.33.